The van der Waals surface area contributed by atoms with E-state index in [1.807, 2.05) is 42.5 Å². The van der Waals surface area contributed by atoms with E-state index in [4.69, 9.17) is 4.74 Å². The van der Waals surface area contributed by atoms with E-state index in [2.05, 4.69) is 4.98 Å². The van der Waals surface area contributed by atoms with Gasteiger partial charge in [0.1, 0.15) is 5.75 Å². The van der Waals surface area contributed by atoms with Crippen LogP contribution in [0.5, 0.6) is 5.75 Å². The van der Waals surface area contributed by atoms with Crippen LogP contribution in [0.25, 0.3) is 12.2 Å². The van der Waals surface area contributed by atoms with Crippen molar-refractivity contribution in [1.29, 1.82) is 0 Å². The van der Waals surface area contributed by atoms with Crippen molar-refractivity contribution in [2.45, 2.75) is 6.82 Å². The maximum Gasteiger partial charge on any atom is 0.320 e. The average Bonchev–Trinajstić information content (AvgIpc) is 2.45. The number of nitrogens with zero attached hydrogens (tertiary/aromatic N) is 1. The van der Waals surface area contributed by atoms with E-state index in [1.54, 1.807) is 26.3 Å². The Morgan fingerprint density at radius 1 is 1.21 bits per heavy atom. The van der Waals surface area contributed by atoms with Gasteiger partial charge in [0.2, 0.25) is 0 Å². The van der Waals surface area contributed by atoms with Gasteiger partial charge >= 0.3 is 6.92 Å². The van der Waals surface area contributed by atoms with Gasteiger partial charge in [0, 0.05) is 12.4 Å². The second-order valence-electron chi connectivity index (χ2n) is 4.34. The number of pyridine rings is 1. The molecular weight excluding hydrogens is 237 g/mol. The lowest BCUT2D eigenvalue weighted by Crippen LogP contribution is -2.26. The van der Waals surface area contributed by atoms with Crippen LogP contribution >= 0.6 is 0 Å². The van der Waals surface area contributed by atoms with Crippen molar-refractivity contribution < 1.29 is 9.76 Å². The first-order chi connectivity index (χ1) is 9.19. The Kier molecular flexibility index (Phi) is 4.37. The molecule has 0 atom stereocenters. The first-order valence-electron chi connectivity index (χ1n) is 6.14. The Labute approximate surface area is 113 Å². The van der Waals surface area contributed by atoms with Gasteiger partial charge in [-0.05, 0) is 34.8 Å². The SMILES string of the molecule is COc1cc(/C=C/c2cccnc2)cc(B(C)O)c1. The Morgan fingerprint density at radius 2 is 2.00 bits per heavy atom. The minimum Gasteiger partial charge on any atom is -0.497 e. The third-order valence-electron chi connectivity index (χ3n) is 2.82. The lowest BCUT2D eigenvalue weighted by Gasteiger charge is -2.07. The number of hydrogen-bond donors (Lipinski definition) is 1. The molecule has 2 aromatic rings. The van der Waals surface area contributed by atoms with Crippen LogP contribution in [0.1, 0.15) is 11.1 Å². The third kappa shape index (κ3) is 3.70. The number of methoxy groups -OCH3 is 1. The maximum atomic E-state index is 9.66. The predicted molar refractivity (Wildman–Crippen MR) is 79.6 cm³/mol. The highest BCUT2D eigenvalue weighted by atomic mass is 16.5. The highest BCUT2D eigenvalue weighted by molar-refractivity contribution is 6.64. The van der Waals surface area contributed by atoms with Gasteiger partial charge in [0.25, 0.3) is 0 Å². The van der Waals surface area contributed by atoms with E-state index in [0.717, 1.165) is 22.3 Å². The molecule has 0 fully saturated rings. The van der Waals surface area contributed by atoms with Crippen LogP contribution in [0.15, 0.2) is 42.7 Å². The Hall–Kier alpha value is -2.07. The van der Waals surface area contributed by atoms with Crippen molar-refractivity contribution in [1.82, 2.24) is 4.98 Å². The van der Waals surface area contributed by atoms with Crippen LogP contribution in [-0.4, -0.2) is 24.0 Å². The van der Waals surface area contributed by atoms with E-state index in [1.165, 1.54) is 0 Å². The predicted octanol–water partition coefficient (Wildman–Crippen LogP) is 2.08. The normalized spacial score (nSPS) is 10.7. The van der Waals surface area contributed by atoms with Crippen molar-refractivity contribution in [3.8, 4) is 5.75 Å². The number of benzene rings is 1. The Morgan fingerprint density at radius 3 is 2.63 bits per heavy atom. The molecule has 1 aromatic heterocycles. The quantitative estimate of drug-likeness (QED) is 0.848. The molecule has 0 unspecified atom stereocenters. The number of hydrogen-bond acceptors (Lipinski definition) is 3. The second-order valence-corrected chi connectivity index (χ2v) is 4.34. The van der Waals surface area contributed by atoms with Gasteiger partial charge in [-0.15, -0.1) is 0 Å². The highest BCUT2D eigenvalue weighted by Gasteiger charge is 2.08. The molecule has 0 amide bonds. The maximum absolute atomic E-state index is 9.66. The summed E-state index contributed by atoms with van der Waals surface area (Å²) >= 11 is 0. The topological polar surface area (TPSA) is 42.4 Å². The molecule has 96 valence electrons. The molecule has 0 saturated heterocycles. The van der Waals surface area contributed by atoms with Gasteiger partial charge in [-0.2, -0.15) is 0 Å². The van der Waals surface area contributed by atoms with E-state index < -0.39 is 6.92 Å². The molecule has 1 heterocycles. The zero-order valence-electron chi connectivity index (χ0n) is 11.1. The van der Waals surface area contributed by atoms with E-state index >= 15 is 0 Å². The van der Waals surface area contributed by atoms with Gasteiger partial charge < -0.3 is 9.76 Å². The molecular formula is C15H16BNO2. The molecule has 0 spiro atoms. The number of rotatable bonds is 4. The Balaban J connectivity index is 2.29. The molecule has 3 nitrogen and oxygen atoms in total. The van der Waals surface area contributed by atoms with Crippen LogP contribution < -0.4 is 10.2 Å². The van der Waals surface area contributed by atoms with E-state index in [9.17, 15) is 5.02 Å². The Bertz CT molecular complexity index is 568. The van der Waals surface area contributed by atoms with Crippen molar-refractivity contribution in [2.75, 3.05) is 7.11 Å². The van der Waals surface area contributed by atoms with Gasteiger partial charge in [0.05, 0.1) is 7.11 Å². The summed E-state index contributed by atoms with van der Waals surface area (Å²) in [6, 6.07) is 9.59. The minimum atomic E-state index is -0.513. The summed E-state index contributed by atoms with van der Waals surface area (Å²) in [7, 11) is 1.62. The van der Waals surface area contributed by atoms with Crippen molar-refractivity contribution in [3.05, 3.63) is 53.9 Å². The average molecular weight is 253 g/mol. The summed E-state index contributed by atoms with van der Waals surface area (Å²) < 4.78 is 5.24. The molecule has 2 rings (SSSR count). The first kappa shape index (κ1) is 13.4. The molecule has 0 saturated carbocycles. The van der Waals surface area contributed by atoms with Gasteiger partial charge in [0.15, 0.2) is 0 Å². The number of aromatic nitrogens is 1. The zero-order valence-corrected chi connectivity index (χ0v) is 11.1. The van der Waals surface area contributed by atoms with Crippen LogP contribution in [0.3, 0.4) is 0 Å². The lowest BCUT2D eigenvalue weighted by molar-refractivity contribution is 0.415. The van der Waals surface area contributed by atoms with Gasteiger partial charge in [-0.3, -0.25) is 4.98 Å². The van der Waals surface area contributed by atoms with Crippen molar-refractivity contribution in [3.63, 3.8) is 0 Å². The van der Waals surface area contributed by atoms with Crippen molar-refractivity contribution in [2.24, 2.45) is 0 Å². The molecule has 0 radical (unpaired) electrons. The van der Waals surface area contributed by atoms with Crippen LogP contribution in [0.2, 0.25) is 6.82 Å². The summed E-state index contributed by atoms with van der Waals surface area (Å²) in [4.78, 5) is 4.06. The molecule has 19 heavy (non-hydrogen) atoms. The summed E-state index contributed by atoms with van der Waals surface area (Å²) in [6.45, 7) is 1.23. The zero-order chi connectivity index (χ0) is 13.7. The molecule has 4 heteroatoms. The summed E-state index contributed by atoms with van der Waals surface area (Å²) in [5, 5.41) is 9.66. The fourth-order valence-electron chi connectivity index (χ4n) is 1.77. The van der Waals surface area contributed by atoms with Gasteiger partial charge in [-0.25, -0.2) is 0 Å². The second kappa shape index (κ2) is 6.20. The molecule has 0 bridgehead atoms. The fraction of sp³-hybridized carbons (Fsp3) is 0.133. The minimum absolute atomic E-state index is 0.513. The van der Waals surface area contributed by atoms with Crippen LogP contribution in [-0.2, 0) is 0 Å². The molecule has 1 N–H and O–H groups in total. The molecule has 1 aromatic carbocycles. The smallest absolute Gasteiger partial charge is 0.320 e. The summed E-state index contributed by atoms with van der Waals surface area (Å²) in [5.74, 6) is 0.740. The lowest BCUT2D eigenvalue weighted by atomic mass is 9.64. The van der Waals surface area contributed by atoms with Crippen LogP contribution in [0, 0.1) is 0 Å². The highest BCUT2D eigenvalue weighted by Crippen LogP contribution is 2.14. The standard InChI is InChI=1S/C15H16BNO2/c1-16(18)14-8-13(9-15(10-14)19-2)6-5-12-4-3-7-17-11-12/h3-11,18H,1-2H3/b6-5+. The van der Waals surface area contributed by atoms with Gasteiger partial charge in [-0.1, -0.05) is 31.1 Å². The summed E-state index contributed by atoms with van der Waals surface area (Å²) in [6.07, 6.45) is 7.50. The largest absolute Gasteiger partial charge is 0.497 e. The van der Waals surface area contributed by atoms with E-state index in [0.29, 0.717) is 0 Å². The fourth-order valence-corrected chi connectivity index (χ4v) is 1.77. The van der Waals surface area contributed by atoms with E-state index in [-0.39, 0.29) is 0 Å². The molecule has 0 aliphatic heterocycles. The molecule has 0 aliphatic rings. The monoisotopic (exact) mass is 253 g/mol. The third-order valence-corrected chi connectivity index (χ3v) is 2.82. The first-order valence-corrected chi connectivity index (χ1v) is 6.14. The van der Waals surface area contributed by atoms with Crippen LogP contribution in [0.4, 0.5) is 0 Å². The molecule has 0 aliphatic carbocycles. The van der Waals surface area contributed by atoms with Crippen molar-refractivity contribution >= 4 is 24.5 Å². The summed E-state index contributed by atoms with van der Waals surface area (Å²) in [5.41, 5.74) is 2.85. The number of ether oxygens (including phenoxy) is 1.